The summed E-state index contributed by atoms with van der Waals surface area (Å²) in [5.41, 5.74) is 0.719. The summed E-state index contributed by atoms with van der Waals surface area (Å²) in [5.74, 6) is -0.365. The molecule has 0 bridgehead atoms. The molecule has 2 aromatic heterocycles. The number of alkyl halides is 3. The van der Waals surface area contributed by atoms with Gasteiger partial charge in [-0.2, -0.15) is 18.3 Å². The Morgan fingerprint density at radius 3 is 2.61 bits per heavy atom. The molecule has 5 rings (SSSR count). The highest BCUT2D eigenvalue weighted by molar-refractivity contribution is 9.10. The molecule has 0 saturated carbocycles. The van der Waals surface area contributed by atoms with Gasteiger partial charge in [-0.1, -0.05) is 34.1 Å². The van der Waals surface area contributed by atoms with Crippen molar-refractivity contribution in [1.29, 1.82) is 0 Å². The van der Waals surface area contributed by atoms with Gasteiger partial charge in [0.2, 0.25) is 0 Å². The van der Waals surface area contributed by atoms with Crippen LogP contribution in [0, 0.1) is 0 Å². The van der Waals surface area contributed by atoms with Crippen molar-refractivity contribution in [2.45, 2.75) is 12.6 Å². The molecule has 160 valence electrons. The van der Waals surface area contributed by atoms with E-state index in [1.807, 2.05) is 0 Å². The van der Waals surface area contributed by atoms with E-state index in [9.17, 15) is 18.0 Å². The number of carbonyl (C=O) groups is 1. The first kappa shape index (κ1) is 20.0. The van der Waals surface area contributed by atoms with Gasteiger partial charge in [0.05, 0.1) is 18.4 Å². The van der Waals surface area contributed by atoms with Gasteiger partial charge in [0, 0.05) is 35.4 Å². The summed E-state index contributed by atoms with van der Waals surface area (Å²) in [4.78, 5) is 21.5. The summed E-state index contributed by atoms with van der Waals surface area (Å²) in [6, 6.07) is 7.76. The summed E-state index contributed by atoms with van der Waals surface area (Å²) in [6.45, 7) is 2.60. The first-order valence-electron chi connectivity index (χ1n) is 9.76. The van der Waals surface area contributed by atoms with Crippen molar-refractivity contribution >= 4 is 27.5 Å². The smallest absolute Gasteiger partial charge is 0.372 e. The SMILES string of the molecule is O=C(c1cnn2c(C(F)(F)F)cc(-c3ccc(Br)cc3)nc12)N1CCN2CCC=C2C1. The van der Waals surface area contributed by atoms with Gasteiger partial charge in [-0.3, -0.25) is 4.79 Å². The lowest BCUT2D eigenvalue weighted by atomic mass is 10.1. The minimum atomic E-state index is -4.65. The number of fused-ring (bicyclic) bond motifs is 2. The molecular weight excluding hydrogens is 475 g/mol. The molecule has 0 atom stereocenters. The molecule has 0 N–H and O–H groups in total. The van der Waals surface area contributed by atoms with Crippen LogP contribution in [0.2, 0.25) is 0 Å². The van der Waals surface area contributed by atoms with Crippen molar-refractivity contribution in [3.05, 3.63) is 64.0 Å². The maximum Gasteiger partial charge on any atom is 0.433 e. The number of nitrogens with zero attached hydrogens (tertiary/aromatic N) is 5. The van der Waals surface area contributed by atoms with Gasteiger partial charge in [0.1, 0.15) is 5.56 Å². The number of piperazine rings is 1. The van der Waals surface area contributed by atoms with Crippen LogP contribution in [-0.2, 0) is 6.18 Å². The number of rotatable bonds is 2. The van der Waals surface area contributed by atoms with Gasteiger partial charge in [-0.25, -0.2) is 9.50 Å². The van der Waals surface area contributed by atoms with E-state index < -0.39 is 11.9 Å². The zero-order valence-corrected chi connectivity index (χ0v) is 17.8. The third-order valence-corrected chi connectivity index (χ3v) is 6.13. The maximum absolute atomic E-state index is 13.8. The van der Waals surface area contributed by atoms with E-state index in [0.29, 0.717) is 29.7 Å². The Morgan fingerprint density at radius 2 is 1.87 bits per heavy atom. The van der Waals surface area contributed by atoms with Crippen LogP contribution in [-0.4, -0.2) is 56.5 Å². The number of benzene rings is 1. The van der Waals surface area contributed by atoms with Gasteiger partial charge in [0.15, 0.2) is 11.3 Å². The number of hydrogen-bond donors (Lipinski definition) is 0. The molecule has 0 radical (unpaired) electrons. The number of amides is 1. The second kappa shape index (κ2) is 7.37. The number of aromatic nitrogens is 3. The standard InChI is InChI=1S/C21H17BrF3N5O/c22-14-5-3-13(4-6-14)17-10-18(21(23,24)25)30-19(27-17)16(11-26-30)20(31)29-9-8-28-7-1-2-15(28)12-29/h2-6,10-11H,1,7-9,12H2. The molecule has 1 saturated heterocycles. The van der Waals surface area contributed by atoms with Crippen LogP contribution in [0.1, 0.15) is 22.5 Å². The van der Waals surface area contributed by atoms with Crippen LogP contribution in [0.4, 0.5) is 13.2 Å². The second-order valence-electron chi connectivity index (χ2n) is 7.52. The van der Waals surface area contributed by atoms with Crippen LogP contribution in [0.15, 0.2) is 52.8 Å². The molecular formula is C21H17BrF3N5O. The predicted molar refractivity (Wildman–Crippen MR) is 111 cm³/mol. The Morgan fingerprint density at radius 1 is 1.10 bits per heavy atom. The van der Waals surface area contributed by atoms with Crippen LogP contribution in [0.5, 0.6) is 0 Å². The van der Waals surface area contributed by atoms with E-state index in [0.717, 1.165) is 29.2 Å². The van der Waals surface area contributed by atoms with Crippen LogP contribution in [0.3, 0.4) is 0 Å². The van der Waals surface area contributed by atoms with Crippen molar-refractivity contribution in [2.24, 2.45) is 0 Å². The molecule has 1 aromatic carbocycles. The Labute approximate surface area is 184 Å². The monoisotopic (exact) mass is 491 g/mol. The first-order chi connectivity index (χ1) is 14.8. The van der Waals surface area contributed by atoms with Crippen LogP contribution >= 0.6 is 15.9 Å². The fourth-order valence-electron chi connectivity index (χ4n) is 4.02. The predicted octanol–water partition coefficient (Wildman–Crippen LogP) is 4.22. The summed E-state index contributed by atoms with van der Waals surface area (Å²) in [6.07, 6.45) is -0.430. The lowest BCUT2D eigenvalue weighted by Gasteiger charge is -2.35. The van der Waals surface area contributed by atoms with E-state index >= 15 is 0 Å². The minimum Gasteiger partial charge on any atom is -0.372 e. The van der Waals surface area contributed by atoms with Gasteiger partial charge in [-0.15, -0.1) is 0 Å². The van der Waals surface area contributed by atoms with Crippen LogP contribution in [0.25, 0.3) is 16.9 Å². The molecule has 6 nitrogen and oxygen atoms in total. The molecule has 0 unspecified atom stereocenters. The van der Waals surface area contributed by atoms with E-state index in [2.05, 4.69) is 37.0 Å². The third-order valence-electron chi connectivity index (χ3n) is 5.60. The summed E-state index contributed by atoms with van der Waals surface area (Å²) in [5, 5.41) is 3.87. The molecule has 2 aliphatic heterocycles. The largest absolute Gasteiger partial charge is 0.433 e. The topological polar surface area (TPSA) is 53.7 Å². The zero-order chi connectivity index (χ0) is 21.8. The summed E-state index contributed by atoms with van der Waals surface area (Å²) >= 11 is 3.32. The molecule has 4 heterocycles. The molecule has 10 heteroatoms. The molecule has 1 fully saturated rings. The lowest BCUT2D eigenvalue weighted by Crippen LogP contribution is -2.45. The van der Waals surface area contributed by atoms with E-state index in [4.69, 9.17) is 0 Å². The van der Waals surface area contributed by atoms with Gasteiger partial charge >= 0.3 is 6.18 Å². The highest BCUT2D eigenvalue weighted by Crippen LogP contribution is 2.33. The molecule has 1 amide bonds. The van der Waals surface area contributed by atoms with E-state index in [-0.39, 0.29) is 22.8 Å². The van der Waals surface area contributed by atoms with E-state index in [1.54, 1.807) is 29.2 Å². The van der Waals surface area contributed by atoms with Gasteiger partial charge in [0.25, 0.3) is 5.91 Å². The first-order valence-corrected chi connectivity index (χ1v) is 10.6. The van der Waals surface area contributed by atoms with Crippen molar-refractivity contribution in [1.82, 2.24) is 24.4 Å². The highest BCUT2D eigenvalue weighted by atomic mass is 79.9. The van der Waals surface area contributed by atoms with Crippen molar-refractivity contribution in [3.63, 3.8) is 0 Å². The second-order valence-corrected chi connectivity index (χ2v) is 8.44. The third kappa shape index (κ3) is 3.58. The highest BCUT2D eigenvalue weighted by Gasteiger charge is 2.37. The van der Waals surface area contributed by atoms with Crippen molar-refractivity contribution < 1.29 is 18.0 Å². The normalized spacial score (nSPS) is 16.6. The molecule has 31 heavy (non-hydrogen) atoms. The average molecular weight is 492 g/mol. The van der Waals surface area contributed by atoms with Crippen molar-refractivity contribution in [2.75, 3.05) is 26.2 Å². The lowest BCUT2D eigenvalue weighted by molar-refractivity contribution is -0.142. The molecule has 0 spiro atoms. The summed E-state index contributed by atoms with van der Waals surface area (Å²) < 4.78 is 42.9. The Balaban J connectivity index is 1.60. The number of halogens is 4. The van der Waals surface area contributed by atoms with Gasteiger partial charge in [-0.05, 0) is 24.6 Å². The number of carbonyl (C=O) groups excluding carboxylic acids is 1. The van der Waals surface area contributed by atoms with Gasteiger partial charge < -0.3 is 9.80 Å². The van der Waals surface area contributed by atoms with Crippen molar-refractivity contribution in [3.8, 4) is 11.3 Å². The molecule has 2 aliphatic rings. The average Bonchev–Trinajstić information content (AvgIpc) is 3.38. The summed E-state index contributed by atoms with van der Waals surface area (Å²) in [7, 11) is 0. The number of hydrogen-bond acceptors (Lipinski definition) is 4. The Bertz CT molecular complexity index is 1200. The van der Waals surface area contributed by atoms with E-state index in [1.165, 1.54) is 6.20 Å². The Kier molecular flexibility index (Phi) is 4.76. The molecule has 3 aromatic rings. The zero-order valence-electron chi connectivity index (χ0n) is 16.2. The quantitative estimate of drug-likeness (QED) is 0.538. The molecule has 0 aliphatic carbocycles. The fraction of sp³-hybridized carbons (Fsp3) is 0.286. The maximum atomic E-state index is 13.8. The Hall–Kier alpha value is -2.88. The minimum absolute atomic E-state index is 0.0662. The van der Waals surface area contributed by atoms with Crippen LogP contribution < -0.4 is 0 Å². The fourth-order valence-corrected chi connectivity index (χ4v) is 4.29.